The van der Waals surface area contributed by atoms with Crippen molar-refractivity contribution in [2.75, 3.05) is 43.5 Å². The van der Waals surface area contributed by atoms with Crippen LogP contribution in [0.4, 0.5) is 11.5 Å². The average molecular weight is 324 g/mol. The summed E-state index contributed by atoms with van der Waals surface area (Å²) < 4.78 is 5.22. The highest BCUT2D eigenvalue weighted by atomic mass is 16.5. The van der Waals surface area contributed by atoms with E-state index in [0.29, 0.717) is 0 Å². The fraction of sp³-hybridized carbons (Fsp3) is 0.316. The summed E-state index contributed by atoms with van der Waals surface area (Å²) in [6, 6.07) is 12.2. The largest absolute Gasteiger partial charge is 0.497 e. The van der Waals surface area contributed by atoms with Gasteiger partial charge in [0.25, 0.3) is 0 Å². The second-order valence-corrected chi connectivity index (χ2v) is 5.96. The van der Waals surface area contributed by atoms with Crippen LogP contribution in [0, 0.1) is 6.92 Å². The summed E-state index contributed by atoms with van der Waals surface area (Å²) in [5.74, 6) is 2.64. The molecular weight excluding hydrogens is 300 g/mol. The number of benzene rings is 1. The Hall–Kier alpha value is -2.69. The van der Waals surface area contributed by atoms with Gasteiger partial charge >= 0.3 is 0 Å². The van der Waals surface area contributed by atoms with E-state index in [0.717, 1.165) is 43.6 Å². The molecule has 0 saturated carbocycles. The molecule has 1 aliphatic rings. The zero-order valence-corrected chi connectivity index (χ0v) is 14.3. The molecule has 1 fully saturated rings. The molecule has 2 aromatic rings. The summed E-state index contributed by atoms with van der Waals surface area (Å²) in [7, 11) is 1.69. The molecule has 0 aliphatic carbocycles. The van der Waals surface area contributed by atoms with Crippen LogP contribution in [0.25, 0.3) is 0 Å². The number of nitrogens with zero attached hydrogens (tertiary/aromatic N) is 3. The second kappa shape index (κ2) is 7.25. The topological polar surface area (TPSA) is 40.6 Å². The van der Waals surface area contributed by atoms with Crippen molar-refractivity contribution in [1.82, 2.24) is 9.88 Å². The highest BCUT2D eigenvalue weighted by Crippen LogP contribution is 2.21. The Labute approximate surface area is 143 Å². The lowest BCUT2D eigenvalue weighted by Gasteiger charge is -2.38. The monoisotopic (exact) mass is 324 g/mol. The summed E-state index contributed by atoms with van der Waals surface area (Å²) in [6.45, 7) is 10.0. The lowest BCUT2D eigenvalue weighted by molar-refractivity contribution is 0.325. The van der Waals surface area contributed by atoms with Gasteiger partial charge in [-0.25, -0.2) is 4.98 Å². The van der Waals surface area contributed by atoms with Gasteiger partial charge in [0, 0.05) is 38.1 Å². The highest BCUT2D eigenvalue weighted by molar-refractivity contribution is 5.50. The normalized spacial score (nSPS) is 14.4. The number of rotatable bonds is 5. The number of aromatic nitrogens is 1. The van der Waals surface area contributed by atoms with Crippen LogP contribution in [0.5, 0.6) is 5.75 Å². The van der Waals surface area contributed by atoms with Crippen molar-refractivity contribution in [1.29, 1.82) is 0 Å². The molecule has 0 unspecified atom stereocenters. The summed E-state index contributed by atoms with van der Waals surface area (Å²) >= 11 is 0. The van der Waals surface area contributed by atoms with Crippen LogP contribution in [-0.4, -0.2) is 43.2 Å². The van der Waals surface area contributed by atoms with E-state index in [1.807, 2.05) is 30.5 Å². The first-order valence-electron chi connectivity index (χ1n) is 8.18. The van der Waals surface area contributed by atoms with E-state index >= 15 is 0 Å². The van der Waals surface area contributed by atoms with Gasteiger partial charge in [-0.15, -0.1) is 0 Å². The molecule has 1 aliphatic heterocycles. The van der Waals surface area contributed by atoms with E-state index in [9.17, 15) is 0 Å². The summed E-state index contributed by atoms with van der Waals surface area (Å²) in [5.41, 5.74) is 2.42. The maximum atomic E-state index is 5.22. The molecule has 5 heteroatoms. The molecule has 5 nitrogen and oxygen atoms in total. The van der Waals surface area contributed by atoms with Crippen LogP contribution >= 0.6 is 0 Å². The molecule has 0 spiro atoms. The van der Waals surface area contributed by atoms with Gasteiger partial charge in [-0.2, -0.15) is 0 Å². The number of anilines is 2. The number of piperazine rings is 1. The summed E-state index contributed by atoms with van der Waals surface area (Å²) in [4.78, 5) is 8.98. The maximum absolute atomic E-state index is 5.22. The molecule has 0 amide bonds. The third-order valence-corrected chi connectivity index (χ3v) is 4.29. The van der Waals surface area contributed by atoms with E-state index in [1.54, 1.807) is 7.11 Å². The Morgan fingerprint density at radius 2 is 1.83 bits per heavy atom. The first kappa shape index (κ1) is 16.2. The molecule has 126 valence electrons. The Kier molecular flexibility index (Phi) is 4.89. The Morgan fingerprint density at radius 1 is 1.12 bits per heavy atom. The van der Waals surface area contributed by atoms with E-state index in [2.05, 4.69) is 45.7 Å². The van der Waals surface area contributed by atoms with E-state index in [-0.39, 0.29) is 0 Å². The van der Waals surface area contributed by atoms with Gasteiger partial charge in [0.1, 0.15) is 11.6 Å². The SMILES string of the molecule is C=C(Nc1cc(C)ccn1)N1CCN(c2ccc(OC)cc2)CC1. The first-order valence-corrected chi connectivity index (χ1v) is 8.18. The molecule has 0 atom stereocenters. The van der Waals surface area contributed by atoms with E-state index in [1.165, 1.54) is 11.3 Å². The first-order chi connectivity index (χ1) is 11.7. The van der Waals surface area contributed by atoms with Crippen molar-refractivity contribution in [3.05, 3.63) is 60.6 Å². The van der Waals surface area contributed by atoms with Gasteiger partial charge in [0.2, 0.25) is 0 Å². The predicted octanol–water partition coefficient (Wildman–Crippen LogP) is 3.10. The Bertz CT molecular complexity index is 691. The zero-order chi connectivity index (χ0) is 16.9. The van der Waals surface area contributed by atoms with Gasteiger partial charge in [-0.05, 0) is 48.9 Å². The van der Waals surface area contributed by atoms with Crippen LogP contribution in [-0.2, 0) is 0 Å². The van der Waals surface area contributed by atoms with Gasteiger partial charge in [-0.3, -0.25) is 0 Å². The minimum absolute atomic E-state index is 0.845. The van der Waals surface area contributed by atoms with Crippen LogP contribution in [0.2, 0.25) is 0 Å². The lowest BCUT2D eigenvalue weighted by Crippen LogP contribution is -2.46. The van der Waals surface area contributed by atoms with Crippen molar-refractivity contribution in [3.8, 4) is 5.75 Å². The summed E-state index contributed by atoms with van der Waals surface area (Å²) in [5, 5.41) is 3.31. The fourth-order valence-corrected chi connectivity index (χ4v) is 2.86. The van der Waals surface area contributed by atoms with Gasteiger partial charge < -0.3 is 19.9 Å². The quantitative estimate of drug-likeness (QED) is 0.915. The van der Waals surface area contributed by atoms with E-state index in [4.69, 9.17) is 4.74 Å². The van der Waals surface area contributed by atoms with Crippen molar-refractivity contribution < 1.29 is 4.74 Å². The molecule has 1 aromatic carbocycles. The smallest absolute Gasteiger partial charge is 0.131 e. The van der Waals surface area contributed by atoms with Crippen LogP contribution in [0.1, 0.15) is 5.56 Å². The average Bonchev–Trinajstić information content (AvgIpc) is 2.62. The molecule has 3 rings (SSSR count). The van der Waals surface area contributed by atoms with Crippen molar-refractivity contribution in [2.45, 2.75) is 6.92 Å². The number of aryl methyl sites for hydroxylation is 1. The van der Waals surface area contributed by atoms with E-state index < -0.39 is 0 Å². The predicted molar refractivity (Wildman–Crippen MR) is 98.5 cm³/mol. The standard InChI is InChI=1S/C19H24N4O/c1-15-8-9-20-19(14-15)21-16(2)22-10-12-23(13-11-22)17-4-6-18(24-3)7-5-17/h4-9,14H,2,10-13H2,1,3H3,(H,20,21). The minimum atomic E-state index is 0.845. The molecular formula is C19H24N4O. The number of hydrogen-bond acceptors (Lipinski definition) is 5. The van der Waals surface area contributed by atoms with Crippen molar-refractivity contribution in [3.63, 3.8) is 0 Å². The van der Waals surface area contributed by atoms with Crippen LogP contribution in [0.3, 0.4) is 0 Å². The van der Waals surface area contributed by atoms with Gasteiger partial charge in [-0.1, -0.05) is 6.58 Å². The lowest BCUT2D eigenvalue weighted by atomic mass is 10.2. The van der Waals surface area contributed by atoms with Gasteiger partial charge in [0.15, 0.2) is 0 Å². The minimum Gasteiger partial charge on any atom is -0.497 e. The number of pyridine rings is 1. The number of nitrogens with one attached hydrogen (secondary N) is 1. The molecule has 1 saturated heterocycles. The van der Waals surface area contributed by atoms with Crippen molar-refractivity contribution >= 4 is 11.5 Å². The van der Waals surface area contributed by atoms with Gasteiger partial charge in [0.05, 0.1) is 12.9 Å². The third-order valence-electron chi connectivity index (χ3n) is 4.29. The highest BCUT2D eigenvalue weighted by Gasteiger charge is 2.18. The third kappa shape index (κ3) is 3.79. The van der Waals surface area contributed by atoms with Crippen LogP contribution in [0.15, 0.2) is 55.0 Å². The molecule has 1 N–H and O–H groups in total. The number of ether oxygens (including phenoxy) is 1. The maximum Gasteiger partial charge on any atom is 0.131 e. The molecule has 1 aromatic heterocycles. The number of methoxy groups -OCH3 is 1. The zero-order valence-electron chi connectivity index (χ0n) is 14.3. The Balaban J connectivity index is 1.55. The molecule has 24 heavy (non-hydrogen) atoms. The molecule has 2 heterocycles. The number of hydrogen-bond donors (Lipinski definition) is 1. The second-order valence-electron chi connectivity index (χ2n) is 5.96. The summed E-state index contributed by atoms with van der Waals surface area (Å²) in [6.07, 6.45) is 1.81. The Morgan fingerprint density at radius 3 is 2.46 bits per heavy atom. The molecule has 0 radical (unpaired) electrons. The van der Waals surface area contributed by atoms with Crippen molar-refractivity contribution in [2.24, 2.45) is 0 Å². The fourth-order valence-electron chi connectivity index (χ4n) is 2.86. The molecule has 0 bridgehead atoms. The van der Waals surface area contributed by atoms with Crippen LogP contribution < -0.4 is 15.0 Å².